The van der Waals surface area contributed by atoms with Crippen molar-refractivity contribution in [3.63, 3.8) is 0 Å². The fraction of sp³-hybridized carbons (Fsp3) is 0.200. The molecule has 1 aliphatic heterocycles. The molecule has 19 heavy (non-hydrogen) atoms. The molecule has 0 unspecified atom stereocenters. The van der Waals surface area contributed by atoms with Gasteiger partial charge in [0.1, 0.15) is 11.1 Å². The molecule has 0 atom stereocenters. The summed E-state index contributed by atoms with van der Waals surface area (Å²) in [5, 5.41) is 0.700. The zero-order chi connectivity index (χ0) is 13.2. The molecule has 4 nitrogen and oxygen atoms in total. The van der Waals surface area contributed by atoms with Gasteiger partial charge in [-0.15, -0.1) is 0 Å². The predicted molar refractivity (Wildman–Crippen MR) is 69.0 cm³/mol. The Bertz CT molecular complexity index is 774. The Morgan fingerprint density at radius 2 is 2.16 bits per heavy atom. The van der Waals surface area contributed by atoms with E-state index in [-0.39, 0.29) is 5.56 Å². The highest BCUT2D eigenvalue weighted by molar-refractivity contribution is 5.85. The zero-order valence-corrected chi connectivity index (χ0v) is 10.1. The smallest absolute Gasteiger partial charge is 0.346 e. The Morgan fingerprint density at radius 1 is 1.26 bits per heavy atom. The van der Waals surface area contributed by atoms with Gasteiger partial charge in [0.15, 0.2) is 6.29 Å². The molecule has 0 bridgehead atoms. The van der Waals surface area contributed by atoms with E-state index in [1.807, 2.05) is 6.07 Å². The number of carbonyl (C=O) groups excluding carboxylic acids is 1. The standard InChI is InChI=1S/C15H10O4/c16-8-12-5-11-6-13-9-18-4-2-1-3-10(13)7-14(11)19-15(12)17/h5-8H,2,4,9H2. The van der Waals surface area contributed by atoms with E-state index in [9.17, 15) is 9.59 Å². The second kappa shape index (κ2) is 4.71. The lowest BCUT2D eigenvalue weighted by molar-refractivity contribution is 0.112. The molecule has 2 aromatic rings. The van der Waals surface area contributed by atoms with Gasteiger partial charge in [-0.05, 0) is 23.8 Å². The Balaban J connectivity index is 2.28. The molecule has 0 spiro atoms. The molecule has 3 rings (SSSR count). The van der Waals surface area contributed by atoms with Gasteiger partial charge in [0.2, 0.25) is 0 Å². The fourth-order valence-electron chi connectivity index (χ4n) is 2.01. The van der Waals surface area contributed by atoms with Crippen molar-refractivity contribution < 1.29 is 13.9 Å². The molecule has 0 saturated carbocycles. The van der Waals surface area contributed by atoms with Gasteiger partial charge in [-0.25, -0.2) is 4.79 Å². The number of benzene rings is 1. The SMILES string of the molecule is O=Cc1cc2cc3c(cc2oc1=O)C#CCCOC3. The lowest BCUT2D eigenvalue weighted by atomic mass is 10.0. The van der Waals surface area contributed by atoms with E-state index in [2.05, 4.69) is 11.8 Å². The maximum atomic E-state index is 11.5. The quantitative estimate of drug-likeness (QED) is 0.443. The molecule has 0 radical (unpaired) electrons. The van der Waals surface area contributed by atoms with Gasteiger partial charge in [0.05, 0.1) is 13.2 Å². The van der Waals surface area contributed by atoms with Crippen molar-refractivity contribution in [1.29, 1.82) is 0 Å². The summed E-state index contributed by atoms with van der Waals surface area (Å²) in [6, 6.07) is 5.10. The average molecular weight is 254 g/mol. The van der Waals surface area contributed by atoms with E-state index in [0.717, 1.165) is 11.1 Å². The monoisotopic (exact) mass is 254 g/mol. The van der Waals surface area contributed by atoms with E-state index in [0.29, 0.717) is 36.9 Å². The number of carbonyl (C=O) groups is 1. The summed E-state index contributed by atoms with van der Waals surface area (Å²) in [7, 11) is 0. The number of fused-ring (bicyclic) bond motifs is 2. The average Bonchev–Trinajstić information content (AvgIpc) is 2.38. The van der Waals surface area contributed by atoms with Gasteiger partial charge in [-0.3, -0.25) is 4.79 Å². The van der Waals surface area contributed by atoms with Crippen LogP contribution in [0.3, 0.4) is 0 Å². The third-order valence-corrected chi connectivity index (χ3v) is 2.96. The number of aldehydes is 1. The largest absolute Gasteiger partial charge is 0.422 e. The van der Waals surface area contributed by atoms with Crippen LogP contribution in [0.4, 0.5) is 0 Å². The van der Waals surface area contributed by atoms with Gasteiger partial charge in [-0.2, -0.15) is 0 Å². The fourth-order valence-corrected chi connectivity index (χ4v) is 2.01. The molecule has 0 amide bonds. The number of hydrogen-bond donors (Lipinski definition) is 0. The molecule has 0 N–H and O–H groups in total. The molecule has 4 heteroatoms. The van der Waals surface area contributed by atoms with Crippen LogP contribution >= 0.6 is 0 Å². The van der Waals surface area contributed by atoms with E-state index < -0.39 is 5.63 Å². The predicted octanol–water partition coefficient (Wildman–Crippen LogP) is 1.88. The normalized spacial score (nSPS) is 13.9. The van der Waals surface area contributed by atoms with E-state index in [1.165, 1.54) is 6.07 Å². The lowest BCUT2D eigenvalue weighted by Gasteiger charge is -2.09. The zero-order valence-electron chi connectivity index (χ0n) is 10.1. The summed E-state index contributed by atoms with van der Waals surface area (Å²) < 4.78 is 10.6. The van der Waals surface area contributed by atoms with Crippen LogP contribution in [0.5, 0.6) is 0 Å². The Hall–Kier alpha value is -2.38. The molecule has 1 aromatic heterocycles. The van der Waals surface area contributed by atoms with Crippen molar-refractivity contribution in [3.05, 3.63) is 45.3 Å². The molecule has 1 aliphatic rings. The van der Waals surface area contributed by atoms with Crippen LogP contribution in [0.15, 0.2) is 27.4 Å². The molecule has 2 heterocycles. The summed E-state index contributed by atoms with van der Waals surface area (Å²) in [6.07, 6.45) is 1.18. The molecule has 1 aromatic carbocycles. The second-order valence-corrected chi connectivity index (χ2v) is 4.26. The van der Waals surface area contributed by atoms with Crippen molar-refractivity contribution in [1.82, 2.24) is 0 Å². The van der Waals surface area contributed by atoms with Crippen molar-refractivity contribution in [3.8, 4) is 11.8 Å². The first-order chi connectivity index (χ1) is 9.28. The van der Waals surface area contributed by atoms with Crippen LogP contribution in [0.1, 0.15) is 27.9 Å². The van der Waals surface area contributed by atoms with Crippen molar-refractivity contribution in [2.45, 2.75) is 13.0 Å². The van der Waals surface area contributed by atoms with Crippen LogP contribution in [0.25, 0.3) is 11.0 Å². The highest BCUT2D eigenvalue weighted by atomic mass is 16.5. The van der Waals surface area contributed by atoms with E-state index in [4.69, 9.17) is 9.15 Å². The Labute approximate surface area is 109 Å². The lowest BCUT2D eigenvalue weighted by Crippen LogP contribution is -2.06. The maximum absolute atomic E-state index is 11.5. The summed E-state index contributed by atoms with van der Waals surface area (Å²) in [5.41, 5.74) is 1.56. The van der Waals surface area contributed by atoms with Gasteiger partial charge in [0, 0.05) is 17.4 Å². The van der Waals surface area contributed by atoms with E-state index in [1.54, 1.807) is 6.07 Å². The van der Waals surface area contributed by atoms with Crippen LogP contribution in [0.2, 0.25) is 0 Å². The number of hydrogen-bond acceptors (Lipinski definition) is 4. The number of ether oxygens (including phenoxy) is 1. The highest BCUT2D eigenvalue weighted by Gasteiger charge is 2.10. The summed E-state index contributed by atoms with van der Waals surface area (Å²) in [6.45, 7) is 1.07. The van der Waals surface area contributed by atoms with Crippen molar-refractivity contribution in [2.75, 3.05) is 6.61 Å². The van der Waals surface area contributed by atoms with Crippen LogP contribution < -0.4 is 5.63 Å². The molecular formula is C15H10O4. The minimum Gasteiger partial charge on any atom is -0.422 e. The van der Waals surface area contributed by atoms with Gasteiger partial charge >= 0.3 is 5.63 Å². The third kappa shape index (κ3) is 2.16. The molecule has 94 valence electrons. The van der Waals surface area contributed by atoms with Crippen LogP contribution in [-0.4, -0.2) is 12.9 Å². The minimum atomic E-state index is -0.627. The van der Waals surface area contributed by atoms with Crippen LogP contribution in [-0.2, 0) is 11.3 Å². The van der Waals surface area contributed by atoms with Crippen LogP contribution in [0, 0.1) is 11.8 Å². The summed E-state index contributed by atoms with van der Waals surface area (Å²) in [5.74, 6) is 6.04. The first kappa shape index (κ1) is 11.7. The molecular weight excluding hydrogens is 244 g/mol. The second-order valence-electron chi connectivity index (χ2n) is 4.26. The molecule has 0 fully saturated rings. The Kier molecular flexibility index (Phi) is 2.90. The highest BCUT2D eigenvalue weighted by Crippen LogP contribution is 2.21. The molecule has 0 saturated heterocycles. The maximum Gasteiger partial charge on any atom is 0.346 e. The molecule has 0 aliphatic carbocycles. The van der Waals surface area contributed by atoms with Gasteiger partial charge < -0.3 is 9.15 Å². The summed E-state index contributed by atoms with van der Waals surface area (Å²) >= 11 is 0. The first-order valence-electron chi connectivity index (χ1n) is 5.90. The number of rotatable bonds is 1. The third-order valence-electron chi connectivity index (χ3n) is 2.96. The Morgan fingerprint density at radius 3 is 3.00 bits per heavy atom. The minimum absolute atomic E-state index is 0.0188. The van der Waals surface area contributed by atoms with Crippen molar-refractivity contribution in [2.24, 2.45) is 0 Å². The van der Waals surface area contributed by atoms with Crippen molar-refractivity contribution >= 4 is 17.3 Å². The first-order valence-corrected chi connectivity index (χ1v) is 5.90. The topological polar surface area (TPSA) is 56.5 Å². The van der Waals surface area contributed by atoms with Gasteiger partial charge in [-0.1, -0.05) is 11.8 Å². The summed E-state index contributed by atoms with van der Waals surface area (Å²) in [4.78, 5) is 22.2. The van der Waals surface area contributed by atoms with Gasteiger partial charge in [0.25, 0.3) is 0 Å². The van der Waals surface area contributed by atoms with E-state index >= 15 is 0 Å².